The fourth-order valence-corrected chi connectivity index (χ4v) is 5.97. The molecule has 0 saturated carbocycles. The number of hydrogen-bond acceptors (Lipinski definition) is 4. The quantitative estimate of drug-likeness (QED) is 0.841. The predicted molar refractivity (Wildman–Crippen MR) is 96.3 cm³/mol. The maximum absolute atomic E-state index is 12.7. The molecule has 1 saturated heterocycles. The lowest BCUT2D eigenvalue weighted by Gasteiger charge is -2.22. The van der Waals surface area contributed by atoms with Gasteiger partial charge in [0.05, 0.1) is 0 Å². The van der Waals surface area contributed by atoms with Crippen LogP contribution in [-0.4, -0.2) is 31.2 Å². The van der Waals surface area contributed by atoms with Crippen LogP contribution in [0.5, 0.6) is 0 Å². The van der Waals surface area contributed by atoms with Gasteiger partial charge in [-0.1, -0.05) is 29.3 Å². The van der Waals surface area contributed by atoms with Crippen LogP contribution >= 0.6 is 34.5 Å². The van der Waals surface area contributed by atoms with Gasteiger partial charge in [0.25, 0.3) is 10.0 Å². The van der Waals surface area contributed by atoms with Gasteiger partial charge in [0.1, 0.15) is 10.3 Å². The van der Waals surface area contributed by atoms with Crippen molar-refractivity contribution in [1.82, 2.24) is 4.31 Å². The first kappa shape index (κ1) is 17.7. The van der Waals surface area contributed by atoms with Crippen molar-refractivity contribution >= 4 is 56.2 Å². The fraction of sp³-hybridized carbons (Fsp3) is 0.267. The van der Waals surface area contributed by atoms with Crippen molar-refractivity contribution in [3.63, 3.8) is 0 Å². The SMILES string of the molecule is O=C(Nc1cc(Cl)cc(Cl)c1)[C@@H]1CCCN1S(=O)(=O)c1cccs1. The summed E-state index contributed by atoms with van der Waals surface area (Å²) in [6, 6.07) is 7.18. The van der Waals surface area contributed by atoms with Crippen LogP contribution in [-0.2, 0) is 14.8 Å². The van der Waals surface area contributed by atoms with E-state index in [1.165, 1.54) is 4.31 Å². The van der Waals surface area contributed by atoms with Crippen molar-refractivity contribution in [2.75, 3.05) is 11.9 Å². The third kappa shape index (κ3) is 3.60. The highest BCUT2D eigenvalue weighted by Crippen LogP contribution is 2.30. The number of thiophene rings is 1. The van der Waals surface area contributed by atoms with E-state index in [1.54, 1.807) is 35.7 Å². The average Bonchev–Trinajstić information content (AvgIpc) is 3.18. The van der Waals surface area contributed by atoms with Gasteiger partial charge in [0.15, 0.2) is 0 Å². The first-order chi connectivity index (χ1) is 11.4. The van der Waals surface area contributed by atoms with E-state index in [-0.39, 0.29) is 10.1 Å². The van der Waals surface area contributed by atoms with E-state index in [4.69, 9.17) is 23.2 Å². The number of rotatable bonds is 4. The summed E-state index contributed by atoms with van der Waals surface area (Å²) in [4.78, 5) is 12.6. The minimum Gasteiger partial charge on any atom is -0.325 e. The third-order valence-corrected chi connectivity index (χ3v) is 7.41. The van der Waals surface area contributed by atoms with Crippen molar-refractivity contribution in [3.8, 4) is 0 Å². The van der Waals surface area contributed by atoms with E-state index < -0.39 is 16.1 Å². The van der Waals surface area contributed by atoms with Gasteiger partial charge in [-0.25, -0.2) is 8.42 Å². The molecule has 0 spiro atoms. The molecule has 0 unspecified atom stereocenters. The average molecular weight is 405 g/mol. The summed E-state index contributed by atoms with van der Waals surface area (Å²) in [7, 11) is -3.66. The van der Waals surface area contributed by atoms with Gasteiger partial charge >= 0.3 is 0 Å². The van der Waals surface area contributed by atoms with Crippen LogP contribution in [0.1, 0.15) is 12.8 Å². The predicted octanol–water partition coefficient (Wildman–Crippen LogP) is 3.85. The lowest BCUT2D eigenvalue weighted by molar-refractivity contribution is -0.119. The molecule has 1 aromatic heterocycles. The van der Waals surface area contributed by atoms with Crippen LogP contribution in [0.25, 0.3) is 0 Å². The number of anilines is 1. The molecule has 2 aromatic rings. The molecule has 0 aliphatic carbocycles. The van der Waals surface area contributed by atoms with E-state index in [2.05, 4.69) is 5.32 Å². The summed E-state index contributed by atoms with van der Waals surface area (Å²) in [6.45, 7) is 0.328. The molecule has 1 fully saturated rings. The second-order valence-corrected chi connectivity index (χ2v) is 9.29. The molecule has 24 heavy (non-hydrogen) atoms. The monoisotopic (exact) mass is 404 g/mol. The van der Waals surface area contributed by atoms with Crippen molar-refractivity contribution in [3.05, 3.63) is 45.8 Å². The highest BCUT2D eigenvalue weighted by Gasteiger charge is 2.39. The Morgan fingerprint density at radius 2 is 1.96 bits per heavy atom. The van der Waals surface area contributed by atoms with Gasteiger partial charge in [0, 0.05) is 22.3 Å². The van der Waals surface area contributed by atoms with Crippen molar-refractivity contribution in [1.29, 1.82) is 0 Å². The Morgan fingerprint density at radius 1 is 1.25 bits per heavy atom. The Labute approximate surface area is 154 Å². The summed E-state index contributed by atoms with van der Waals surface area (Å²) in [5.74, 6) is -0.383. The molecule has 1 aliphatic heterocycles. The number of carbonyl (C=O) groups is 1. The smallest absolute Gasteiger partial charge is 0.253 e. The Balaban J connectivity index is 1.81. The maximum atomic E-state index is 12.7. The van der Waals surface area contributed by atoms with Crippen molar-refractivity contribution in [2.24, 2.45) is 0 Å². The van der Waals surface area contributed by atoms with Crippen LogP contribution in [0.2, 0.25) is 10.0 Å². The number of nitrogens with one attached hydrogen (secondary N) is 1. The standard InChI is InChI=1S/C15H14Cl2N2O3S2/c16-10-7-11(17)9-12(8-10)18-15(20)13-3-1-5-19(13)24(21,22)14-4-2-6-23-14/h2,4,6-9,13H,1,3,5H2,(H,18,20)/t13-/m0/s1. The minimum atomic E-state index is -3.66. The number of sulfonamides is 1. The molecule has 1 atom stereocenters. The lowest BCUT2D eigenvalue weighted by Crippen LogP contribution is -2.42. The fourth-order valence-electron chi connectivity index (χ4n) is 2.67. The summed E-state index contributed by atoms with van der Waals surface area (Å²) < 4.78 is 26.9. The normalized spacial score (nSPS) is 18.7. The Hall–Kier alpha value is -1.12. The minimum absolute atomic E-state index is 0.244. The van der Waals surface area contributed by atoms with Crippen molar-refractivity contribution < 1.29 is 13.2 Å². The van der Waals surface area contributed by atoms with Crippen LogP contribution in [0.4, 0.5) is 5.69 Å². The number of amides is 1. The molecule has 0 radical (unpaired) electrons. The number of hydrogen-bond donors (Lipinski definition) is 1. The molecule has 9 heteroatoms. The van der Waals surface area contributed by atoms with Crippen LogP contribution in [0.3, 0.4) is 0 Å². The van der Waals surface area contributed by atoms with Gasteiger partial charge in [-0.2, -0.15) is 4.31 Å². The van der Waals surface area contributed by atoms with E-state index >= 15 is 0 Å². The lowest BCUT2D eigenvalue weighted by atomic mass is 10.2. The molecular formula is C15H14Cl2N2O3S2. The van der Waals surface area contributed by atoms with E-state index in [1.807, 2.05) is 0 Å². The van der Waals surface area contributed by atoms with E-state index in [9.17, 15) is 13.2 Å². The van der Waals surface area contributed by atoms with Crippen molar-refractivity contribution in [2.45, 2.75) is 23.1 Å². The summed E-state index contributed by atoms with van der Waals surface area (Å²) in [5.41, 5.74) is 0.442. The molecule has 1 aliphatic rings. The van der Waals surface area contributed by atoms with Crippen LogP contribution < -0.4 is 5.32 Å². The first-order valence-corrected chi connectivity index (χ1v) is 10.3. The van der Waals surface area contributed by atoms with Crippen LogP contribution in [0.15, 0.2) is 39.9 Å². The number of benzene rings is 1. The molecule has 0 bridgehead atoms. The number of carbonyl (C=O) groups excluding carboxylic acids is 1. The highest BCUT2D eigenvalue weighted by molar-refractivity contribution is 7.91. The van der Waals surface area contributed by atoms with Gasteiger partial charge in [0.2, 0.25) is 5.91 Å². The second kappa shape index (κ2) is 7.01. The molecular weight excluding hydrogens is 391 g/mol. The molecule has 1 aromatic carbocycles. The third-order valence-electron chi connectivity index (χ3n) is 3.69. The molecule has 128 valence electrons. The zero-order valence-electron chi connectivity index (χ0n) is 12.4. The van der Waals surface area contributed by atoms with E-state index in [0.29, 0.717) is 35.1 Å². The molecule has 1 amide bonds. The summed E-state index contributed by atoms with van der Waals surface area (Å²) in [5, 5.41) is 5.19. The molecule has 5 nitrogen and oxygen atoms in total. The Morgan fingerprint density at radius 3 is 2.58 bits per heavy atom. The topological polar surface area (TPSA) is 66.5 Å². The zero-order valence-corrected chi connectivity index (χ0v) is 15.6. The van der Waals surface area contributed by atoms with Gasteiger partial charge in [-0.3, -0.25) is 4.79 Å². The molecule has 2 heterocycles. The Kier molecular flexibility index (Phi) is 5.17. The second-order valence-electron chi connectivity index (χ2n) is 5.35. The summed E-state index contributed by atoms with van der Waals surface area (Å²) in [6.07, 6.45) is 1.11. The largest absolute Gasteiger partial charge is 0.325 e. The maximum Gasteiger partial charge on any atom is 0.253 e. The molecule has 1 N–H and O–H groups in total. The van der Waals surface area contributed by atoms with E-state index in [0.717, 1.165) is 11.3 Å². The highest BCUT2D eigenvalue weighted by atomic mass is 35.5. The number of halogens is 2. The summed E-state index contributed by atoms with van der Waals surface area (Å²) >= 11 is 13.0. The van der Waals surface area contributed by atoms with Gasteiger partial charge < -0.3 is 5.32 Å². The zero-order chi connectivity index (χ0) is 17.3. The van der Waals surface area contributed by atoms with Gasteiger partial charge in [-0.05, 0) is 42.5 Å². The molecule has 3 rings (SSSR count). The van der Waals surface area contributed by atoms with Crippen LogP contribution in [0, 0.1) is 0 Å². The number of nitrogens with zero attached hydrogens (tertiary/aromatic N) is 1. The first-order valence-electron chi connectivity index (χ1n) is 7.20. The van der Waals surface area contributed by atoms with Gasteiger partial charge in [-0.15, -0.1) is 11.3 Å². The Bertz CT molecular complexity index is 833.